The van der Waals surface area contributed by atoms with Crippen molar-refractivity contribution in [1.29, 1.82) is 0 Å². The molecule has 1 aliphatic rings. The van der Waals surface area contributed by atoms with Crippen molar-refractivity contribution in [2.75, 3.05) is 49.9 Å². The van der Waals surface area contributed by atoms with Crippen LogP contribution in [0.15, 0.2) is 42.7 Å². The molecule has 0 spiro atoms. The first-order valence-electron chi connectivity index (χ1n) is 13.2. The number of hydrogen-bond donors (Lipinski definition) is 3. The summed E-state index contributed by atoms with van der Waals surface area (Å²) in [6.45, 7) is 10.5. The van der Waals surface area contributed by atoms with Gasteiger partial charge in [-0.2, -0.15) is 10.1 Å². The van der Waals surface area contributed by atoms with Crippen LogP contribution in [0.25, 0.3) is 22.4 Å². The third-order valence-corrected chi connectivity index (χ3v) is 6.53. The zero-order valence-electron chi connectivity index (χ0n) is 22.8. The highest BCUT2D eigenvalue weighted by atomic mass is 35.5. The second kappa shape index (κ2) is 12.0. The summed E-state index contributed by atoms with van der Waals surface area (Å²) in [6, 6.07) is 9.45. The maximum Gasteiger partial charge on any atom is 0.410 e. The number of nitrogens with zero attached hydrogens (tertiary/aromatic N) is 7. The number of anilines is 2. The van der Waals surface area contributed by atoms with E-state index in [9.17, 15) is 4.79 Å². The Kier molecular flexibility index (Phi) is 8.27. The molecule has 4 heterocycles. The van der Waals surface area contributed by atoms with Crippen molar-refractivity contribution < 1.29 is 9.53 Å². The Hall–Kier alpha value is -4.03. The molecule has 1 aromatic carbocycles. The number of piperazine rings is 1. The average molecular weight is 565 g/mol. The van der Waals surface area contributed by atoms with Gasteiger partial charge in [0.15, 0.2) is 5.65 Å². The monoisotopic (exact) mass is 564 g/mol. The van der Waals surface area contributed by atoms with Crippen LogP contribution in [0.3, 0.4) is 0 Å². The number of fused-ring (bicyclic) bond motifs is 1. The predicted molar refractivity (Wildman–Crippen MR) is 154 cm³/mol. The second-order valence-corrected chi connectivity index (χ2v) is 11.0. The molecule has 1 saturated heterocycles. The van der Waals surface area contributed by atoms with E-state index >= 15 is 0 Å². The summed E-state index contributed by atoms with van der Waals surface area (Å²) in [7, 11) is 0. The molecule has 0 bridgehead atoms. The molecule has 0 unspecified atom stereocenters. The van der Waals surface area contributed by atoms with E-state index in [4.69, 9.17) is 16.3 Å². The summed E-state index contributed by atoms with van der Waals surface area (Å²) in [5.74, 6) is 0.996. The number of aromatic amines is 1. The van der Waals surface area contributed by atoms with Gasteiger partial charge in [-0.15, -0.1) is 0 Å². The molecule has 3 aromatic heterocycles. The Bertz CT molecular complexity index is 1460. The highest BCUT2D eigenvalue weighted by molar-refractivity contribution is 6.30. The Labute approximate surface area is 237 Å². The van der Waals surface area contributed by atoms with Crippen LogP contribution in [-0.2, 0) is 11.3 Å². The van der Waals surface area contributed by atoms with Gasteiger partial charge < -0.3 is 20.3 Å². The van der Waals surface area contributed by atoms with Crippen molar-refractivity contribution in [2.24, 2.45) is 0 Å². The normalized spacial score (nSPS) is 14.3. The van der Waals surface area contributed by atoms with Gasteiger partial charge in [-0.25, -0.2) is 19.7 Å². The van der Waals surface area contributed by atoms with Gasteiger partial charge in [0.25, 0.3) is 0 Å². The maximum atomic E-state index is 12.3. The van der Waals surface area contributed by atoms with Gasteiger partial charge in [0, 0.05) is 63.2 Å². The number of aromatic nitrogens is 6. The van der Waals surface area contributed by atoms with Crippen LogP contribution < -0.4 is 10.6 Å². The highest BCUT2D eigenvalue weighted by Crippen LogP contribution is 2.24. The van der Waals surface area contributed by atoms with Crippen molar-refractivity contribution in [3.63, 3.8) is 0 Å². The number of nitrogens with one attached hydrogen (secondary N) is 3. The fourth-order valence-corrected chi connectivity index (χ4v) is 4.51. The molecule has 1 fully saturated rings. The van der Waals surface area contributed by atoms with Crippen LogP contribution in [0.5, 0.6) is 0 Å². The van der Waals surface area contributed by atoms with Crippen LogP contribution >= 0.6 is 11.6 Å². The number of rotatable bonds is 8. The van der Waals surface area contributed by atoms with E-state index in [2.05, 4.69) is 45.7 Å². The smallest absolute Gasteiger partial charge is 0.410 e. The van der Waals surface area contributed by atoms with Crippen LogP contribution in [0, 0.1) is 0 Å². The number of ether oxygens (including phenoxy) is 1. The molecule has 210 valence electrons. The van der Waals surface area contributed by atoms with Crippen molar-refractivity contribution in [3.8, 4) is 11.4 Å². The fourth-order valence-electron chi connectivity index (χ4n) is 4.30. The number of amides is 1. The van der Waals surface area contributed by atoms with E-state index in [1.54, 1.807) is 17.3 Å². The van der Waals surface area contributed by atoms with E-state index < -0.39 is 5.60 Å². The highest BCUT2D eigenvalue weighted by Gasteiger charge is 2.25. The van der Waals surface area contributed by atoms with Gasteiger partial charge >= 0.3 is 6.09 Å². The Morgan fingerprint density at radius 1 is 1.07 bits per heavy atom. The third-order valence-electron chi connectivity index (χ3n) is 6.30. The first-order valence-corrected chi connectivity index (χ1v) is 13.6. The van der Waals surface area contributed by atoms with Gasteiger partial charge in [-0.05, 0) is 44.5 Å². The SMILES string of the molecule is CC(C)(C)OC(=O)N1CCN(CCNc2ncc3c(-c4ccnc(NCc5cccc(Cl)c5)n4)[nH]nc3n2)CC1. The number of carbonyl (C=O) groups excluding carboxylic acids is 1. The van der Waals surface area contributed by atoms with E-state index in [-0.39, 0.29) is 6.09 Å². The quantitative estimate of drug-likeness (QED) is 0.287. The summed E-state index contributed by atoms with van der Waals surface area (Å²) in [4.78, 5) is 34.3. The number of benzene rings is 1. The molecule has 3 N–H and O–H groups in total. The lowest BCUT2D eigenvalue weighted by atomic mass is 10.2. The number of hydrogen-bond acceptors (Lipinski definition) is 10. The Balaban J connectivity index is 1.14. The molecular formula is C27H33ClN10O2. The lowest BCUT2D eigenvalue weighted by Crippen LogP contribution is -2.50. The van der Waals surface area contributed by atoms with Gasteiger partial charge in [0.2, 0.25) is 11.9 Å². The molecule has 13 heteroatoms. The maximum absolute atomic E-state index is 12.3. The number of carbonyl (C=O) groups is 1. The molecule has 0 aliphatic carbocycles. The van der Waals surface area contributed by atoms with E-state index in [1.165, 1.54) is 0 Å². The summed E-state index contributed by atoms with van der Waals surface area (Å²) in [5.41, 5.74) is 2.50. The minimum absolute atomic E-state index is 0.252. The average Bonchev–Trinajstić information content (AvgIpc) is 3.35. The van der Waals surface area contributed by atoms with Crippen LogP contribution in [0.2, 0.25) is 5.02 Å². The van der Waals surface area contributed by atoms with Crippen LogP contribution in [0.1, 0.15) is 26.3 Å². The van der Waals surface area contributed by atoms with E-state index in [0.29, 0.717) is 54.4 Å². The van der Waals surface area contributed by atoms with Crippen molar-refractivity contribution in [3.05, 3.63) is 53.3 Å². The molecule has 1 amide bonds. The Morgan fingerprint density at radius 3 is 2.65 bits per heavy atom. The molecule has 0 atom stereocenters. The lowest BCUT2D eigenvalue weighted by molar-refractivity contribution is 0.0148. The van der Waals surface area contributed by atoms with Crippen LogP contribution in [0.4, 0.5) is 16.7 Å². The predicted octanol–water partition coefficient (Wildman–Crippen LogP) is 4.04. The first-order chi connectivity index (χ1) is 19.2. The van der Waals surface area contributed by atoms with Gasteiger partial charge in [-0.3, -0.25) is 10.00 Å². The molecule has 0 radical (unpaired) electrons. The third kappa shape index (κ3) is 7.13. The molecule has 40 heavy (non-hydrogen) atoms. The zero-order valence-corrected chi connectivity index (χ0v) is 23.6. The first kappa shape index (κ1) is 27.5. The van der Waals surface area contributed by atoms with Crippen LogP contribution in [-0.4, -0.2) is 90.9 Å². The molecule has 12 nitrogen and oxygen atoms in total. The van der Waals surface area contributed by atoms with Crippen molar-refractivity contribution >= 4 is 40.6 Å². The van der Waals surface area contributed by atoms with Gasteiger partial charge in [-0.1, -0.05) is 23.7 Å². The lowest BCUT2D eigenvalue weighted by Gasteiger charge is -2.35. The summed E-state index contributed by atoms with van der Waals surface area (Å²) < 4.78 is 5.47. The molecule has 0 saturated carbocycles. The minimum Gasteiger partial charge on any atom is -0.444 e. The second-order valence-electron chi connectivity index (χ2n) is 10.5. The van der Waals surface area contributed by atoms with Gasteiger partial charge in [0.05, 0.1) is 16.8 Å². The van der Waals surface area contributed by atoms with Crippen molar-refractivity contribution in [1.82, 2.24) is 39.9 Å². The minimum atomic E-state index is -0.485. The molecule has 5 rings (SSSR count). The zero-order chi connectivity index (χ0) is 28.1. The number of halogens is 1. The largest absolute Gasteiger partial charge is 0.444 e. The molecular weight excluding hydrogens is 532 g/mol. The van der Waals surface area contributed by atoms with E-state index in [1.807, 2.05) is 51.1 Å². The topological polar surface area (TPSA) is 137 Å². The number of H-pyrrole nitrogens is 1. The Morgan fingerprint density at radius 2 is 1.88 bits per heavy atom. The fraction of sp³-hybridized carbons (Fsp3) is 0.407. The standard InChI is InChI=1S/C27H33ClN10O2/c1-27(2,3)40-26(39)38-13-11-37(12-14-38)10-9-30-25-32-17-20-22(35-36-23(20)34-25)21-7-8-29-24(33-21)31-16-18-5-4-6-19(28)15-18/h4-8,15,17H,9-14,16H2,1-3H3,(H,29,31,33)(H2,30,32,34,35,36). The van der Waals surface area contributed by atoms with Gasteiger partial charge in [0.1, 0.15) is 5.60 Å². The van der Waals surface area contributed by atoms with E-state index in [0.717, 1.165) is 36.3 Å². The molecule has 4 aromatic rings. The summed E-state index contributed by atoms with van der Waals surface area (Å²) in [6.07, 6.45) is 3.18. The van der Waals surface area contributed by atoms with Crippen molar-refractivity contribution in [2.45, 2.75) is 32.9 Å². The summed E-state index contributed by atoms with van der Waals surface area (Å²) >= 11 is 6.08. The summed E-state index contributed by atoms with van der Waals surface area (Å²) in [5, 5.41) is 15.4. The molecule has 1 aliphatic heterocycles.